The molecule has 0 spiro atoms. The van der Waals surface area contributed by atoms with Gasteiger partial charge < -0.3 is 20.3 Å². The Kier molecular flexibility index (Phi) is 57.0. The lowest BCUT2D eigenvalue weighted by Gasteiger charge is -2.20. The van der Waals surface area contributed by atoms with Crippen molar-refractivity contribution in [2.75, 3.05) is 13.2 Å². The highest BCUT2D eigenvalue weighted by Crippen LogP contribution is 2.18. The van der Waals surface area contributed by atoms with Crippen molar-refractivity contribution in [3.05, 3.63) is 12.2 Å². The molecular weight excluding hydrogens is 839 g/mol. The van der Waals surface area contributed by atoms with E-state index in [1.165, 1.54) is 283 Å². The first-order chi connectivity index (χ1) is 33.5. The van der Waals surface area contributed by atoms with Gasteiger partial charge in [0.05, 0.1) is 25.4 Å². The van der Waals surface area contributed by atoms with Crippen LogP contribution in [0.25, 0.3) is 0 Å². The molecule has 3 N–H and O–H groups in total. The number of amides is 1. The van der Waals surface area contributed by atoms with E-state index in [4.69, 9.17) is 4.74 Å². The summed E-state index contributed by atoms with van der Waals surface area (Å²) in [5, 5.41) is 23.2. The average molecular weight is 961 g/mol. The van der Waals surface area contributed by atoms with Crippen molar-refractivity contribution in [1.82, 2.24) is 5.32 Å². The normalized spacial score (nSPS) is 12.6. The van der Waals surface area contributed by atoms with Gasteiger partial charge in [-0.25, -0.2) is 0 Å². The van der Waals surface area contributed by atoms with Crippen molar-refractivity contribution in [3.63, 3.8) is 0 Å². The molecule has 0 rings (SSSR count). The molecule has 0 heterocycles. The number of rotatable bonds is 58. The highest BCUT2D eigenvalue weighted by Gasteiger charge is 2.18. The molecule has 0 aromatic rings. The molecule has 0 saturated heterocycles. The topological polar surface area (TPSA) is 95.9 Å². The van der Waals surface area contributed by atoms with Crippen molar-refractivity contribution in [2.45, 2.75) is 360 Å². The lowest BCUT2D eigenvalue weighted by atomic mass is 10.0. The third-order valence-electron chi connectivity index (χ3n) is 14.6. The molecule has 2 unspecified atom stereocenters. The highest BCUT2D eigenvalue weighted by molar-refractivity contribution is 5.76. The Morgan fingerprint density at radius 3 is 1.00 bits per heavy atom. The number of nitrogens with one attached hydrogen (secondary N) is 1. The Bertz CT molecular complexity index is 1020. The minimum absolute atomic E-state index is 0.0113. The predicted molar refractivity (Wildman–Crippen MR) is 297 cm³/mol. The fourth-order valence-corrected chi connectivity index (χ4v) is 9.81. The molecule has 0 saturated carbocycles. The van der Waals surface area contributed by atoms with Crippen LogP contribution < -0.4 is 5.32 Å². The molecule has 0 aromatic heterocycles. The summed E-state index contributed by atoms with van der Waals surface area (Å²) in [6.07, 6.45) is 69.6. The van der Waals surface area contributed by atoms with Gasteiger partial charge in [0, 0.05) is 12.8 Å². The molecular formula is C62H121NO5. The van der Waals surface area contributed by atoms with E-state index in [0.29, 0.717) is 19.4 Å². The van der Waals surface area contributed by atoms with Crippen LogP contribution in [-0.4, -0.2) is 47.4 Å². The van der Waals surface area contributed by atoms with Crippen LogP contribution in [0.3, 0.4) is 0 Å². The summed E-state index contributed by atoms with van der Waals surface area (Å²) < 4.78 is 5.48. The fraction of sp³-hybridized carbons (Fsp3) is 0.935. The first-order valence-corrected chi connectivity index (χ1v) is 31.0. The third kappa shape index (κ3) is 53.9. The smallest absolute Gasteiger partial charge is 0.305 e. The molecule has 6 nitrogen and oxygen atoms in total. The maximum absolute atomic E-state index is 12.5. The van der Waals surface area contributed by atoms with Crippen LogP contribution in [0.4, 0.5) is 0 Å². The van der Waals surface area contributed by atoms with Crippen LogP contribution in [-0.2, 0) is 14.3 Å². The van der Waals surface area contributed by atoms with E-state index in [1.54, 1.807) is 6.08 Å². The first kappa shape index (κ1) is 66.6. The van der Waals surface area contributed by atoms with Crippen molar-refractivity contribution in [1.29, 1.82) is 0 Å². The van der Waals surface area contributed by atoms with Gasteiger partial charge in [0.1, 0.15) is 0 Å². The number of unbranched alkanes of at least 4 members (excludes halogenated alkanes) is 47. The average Bonchev–Trinajstić information content (AvgIpc) is 3.34. The van der Waals surface area contributed by atoms with Gasteiger partial charge in [-0.3, -0.25) is 9.59 Å². The van der Waals surface area contributed by atoms with E-state index >= 15 is 0 Å². The Labute approximate surface area is 425 Å². The van der Waals surface area contributed by atoms with Crippen LogP contribution >= 0.6 is 0 Å². The molecule has 0 aliphatic heterocycles. The number of hydrogen-bond acceptors (Lipinski definition) is 5. The van der Waals surface area contributed by atoms with Crippen LogP contribution in [0.15, 0.2) is 12.2 Å². The standard InChI is InChI=1S/C62H121NO5/c1-3-5-7-9-11-13-15-17-19-20-24-27-30-34-38-42-46-50-54-60(65)59(58-64)63-61(66)55-51-47-43-39-35-31-28-25-22-21-23-26-29-33-37-41-45-49-53-57-68-62(67)56-52-48-44-40-36-32-18-16-14-12-10-8-6-4-2/h50,54,59-60,64-65H,3-49,51-53,55-58H2,1-2H3,(H,63,66)/b54-50+. The highest BCUT2D eigenvalue weighted by atomic mass is 16.5. The van der Waals surface area contributed by atoms with E-state index in [1.807, 2.05) is 6.08 Å². The molecule has 0 bridgehead atoms. The van der Waals surface area contributed by atoms with E-state index in [-0.39, 0.29) is 18.5 Å². The molecule has 0 radical (unpaired) electrons. The molecule has 1 amide bonds. The Balaban J connectivity index is 3.42. The maximum Gasteiger partial charge on any atom is 0.305 e. The lowest BCUT2D eigenvalue weighted by Crippen LogP contribution is -2.45. The minimum atomic E-state index is -0.846. The number of aliphatic hydroxyl groups excluding tert-OH is 2. The summed E-state index contributed by atoms with van der Waals surface area (Å²) in [5.41, 5.74) is 0. The van der Waals surface area contributed by atoms with Crippen molar-refractivity contribution < 1.29 is 24.5 Å². The lowest BCUT2D eigenvalue weighted by molar-refractivity contribution is -0.143. The van der Waals surface area contributed by atoms with Gasteiger partial charge in [-0.2, -0.15) is 0 Å². The molecule has 0 fully saturated rings. The molecule has 2 atom stereocenters. The van der Waals surface area contributed by atoms with E-state index in [0.717, 1.165) is 38.5 Å². The van der Waals surface area contributed by atoms with Gasteiger partial charge in [0.15, 0.2) is 0 Å². The first-order valence-electron chi connectivity index (χ1n) is 31.0. The van der Waals surface area contributed by atoms with E-state index < -0.39 is 12.1 Å². The fourth-order valence-electron chi connectivity index (χ4n) is 9.81. The summed E-state index contributed by atoms with van der Waals surface area (Å²) in [7, 11) is 0. The second kappa shape index (κ2) is 58.2. The molecule has 68 heavy (non-hydrogen) atoms. The summed E-state index contributed by atoms with van der Waals surface area (Å²) >= 11 is 0. The maximum atomic E-state index is 12.5. The van der Waals surface area contributed by atoms with E-state index in [9.17, 15) is 19.8 Å². The molecule has 0 aliphatic carbocycles. The van der Waals surface area contributed by atoms with Gasteiger partial charge in [0.25, 0.3) is 0 Å². The number of hydrogen-bond donors (Lipinski definition) is 3. The summed E-state index contributed by atoms with van der Waals surface area (Å²) in [5.74, 6) is -0.0563. The van der Waals surface area contributed by atoms with E-state index in [2.05, 4.69) is 19.2 Å². The second-order valence-corrected chi connectivity index (χ2v) is 21.4. The summed E-state index contributed by atoms with van der Waals surface area (Å²) in [6, 6.07) is -0.629. The van der Waals surface area contributed by atoms with Crippen molar-refractivity contribution in [3.8, 4) is 0 Å². The van der Waals surface area contributed by atoms with Gasteiger partial charge in [0.2, 0.25) is 5.91 Å². The SMILES string of the molecule is CCCCCCCCCCCCCCCCCC/C=C/C(O)C(CO)NC(=O)CCCCCCCCCCCCCCCCCCCCCOC(=O)CCCCCCCCCCCCCCCC. The van der Waals surface area contributed by atoms with Crippen LogP contribution in [0.5, 0.6) is 0 Å². The molecule has 6 heteroatoms. The third-order valence-corrected chi connectivity index (χ3v) is 14.6. The van der Waals surface area contributed by atoms with Crippen LogP contribution in [0.1, 0.15) is 348 Å². The number of aliphatic hydroxyl groups is 2. The number of carbonyl (C=O) groups excluding carboxylic acids is 2. The number of ether oxygens (including phenoxy) is 1. The Hall–Kier alpha value is -1.40. The molecule has 0 aliphatic rings. The zero-order valence-electron chi connectivity index (χ0n) is 46.1. The molecule has 404 valence electrons. The van der Waals surface area contributed by atoms with Gasteiger partial charge in [-0.1, -0.05) is 315 Å². The zero-order valence-corrected chi connectivity index (χ0v) is 46.1. The van der Waals surface area contributed by atoms with Crippen LogP contribution in [0.2, 0.25) is 0 Å². The zero-order chi connectivity index (χ0) is 49.3. The predicted octanol–water partition coefficient (Wildman–Crippen LogP) is 19.2. The van der Waals surface area contributed by atoms with Gasteiger partial charge in [-0.05, 0) is 32.1 Å². The van der Waals surface area contributed by atoms with Gasteiger partial charge >= 0.3 is 5.97 Å². The summed E-state index contributed by atoms with van der Waals surface area (Å²) in [4.78, 5) is 24.5. The number of esters is 1. The Morgan fingerprint density at radius 2 is 0.676 bits per heavy atom. The quantitative estimate of drug-likeness (QED) is 0.0321. The van der Waals surface area contributed by atoms with Crippen LogP contribution in [0, 0.1) is 0 Å². The second-order valence-electron chi connectivity index (χ2n) is 21.4. The number of allylic oxidation sites excluding steroid dienone is 1. The Morgan fingerprint density at radius 1 is 0.397 bits per heavy atom. The van der Waals surface area contributed by atoms with Crippen molar-refractivity contribution in [2.24, 2.45) is 0 Å². The number of carbonyl (C=O) groups is 2. The monoisotopic (exact) mass is 960 g/mol. The van der Waals surface area contributed by atoms with Crippen molar-refractivity contribution >= 4 is 11.9 Å². The minimum Gasteiger partial charge on any atom is -0.466 e. The largest absolute Gasteiger partial charge is 0.466 e. The van der Waals surface area contributed by atoms with Gasteiger partial charge in [-0.15, -0.1) is 0 Å². The summed E-state index contributed by atoms with van der Waals surface area (Å²) in [6.45, 7) is 4.93. The molecule has 0 aromatic carbocycles.